The van der Waals surface area contributed by atoms with Gasteiger partial charge in [-0.1, -0.05) is 32.4 Å². The van der Waals surface area contributed by atoms with Gasteiger partial charge in [0.25, 0.3) is 0 Å². The molecule has 0 unspecified atom stereocenters. The topological polar surface area (TPSA) is 55.7 Å². The molecular formula is C19H23N4+. The number of H-pyrrole nitrogens is 1. The van der Waals surface area contributed by atoms with Crippen molar-refractivity contribution in [3.63, 3.8) is 0 Å². The van der Waals surface area contributed by atoms with Crippen molar-refractivity contribution in [2.45, 2.75) is 40.0 Å². The summed E-state index contributed by atoms with van der Waals surface area (Å²) >= 11 is 0. The lowest BCUT2D eigenvalue weighted by Gasteiger charge is -2.12. The van der Waals surface area contributed by atoms with Crippen LogP contribution < -0.4 is 9.72 Å². The van der Waals surface area contributed by atoms with Gasteiger partial charge in [0, 0.05) is 5.56 Å². The molecule has 2 N–H and O–H groups in total. The van der Waals surface area contributed by atoms with Crippen LogP contribution in [0.25, 0.3) is 16.7 Å². The van der Waals surface area contributed by atoms with Gasteiger partial charge in [0.2, 0.25) is 11.5 Å². The Labute approximate surface area is 136 Å². The highest BCUT2D eigenvalue weighted by atomic mass is 15.1. The van der Waals surface area contributed by atoms with E-state index in [0.717, 1.165) is 59.4 Å². The van der Waals surface area contributed by atoms with Gasteiger partial charge in [0.15, 0.2) is 0 Å². The Morgan fingerprint density at radius 3 is 2.74 bits per heavy atom. The third-order valence-corrected chi connectivity index (χ3v) is 4.48. The second kappa shape index (κ2) is 6.29. The number of unbranched alkanes of at least 4 members (excludes halogenated alkanes) is 1. The van der Waals surface area contributed by atoms with Crippen LogP contribution in [0.2, 0.25) is 0 Å². The maximum absolute atomic E-state index is 9.66. The van der Waals surface area contributed by atoms with Crippen LogP contribution in [0.5, 0.6) is 0 Å². The zero-order valence-electron chi connectivity index (χ0n) is 14.0. The van der Waals surface area contributed by atoms with E-state index in [-0.39, 0.29) is 0 Å². The predicted octanol–water partition coefficient (Wildman–Crippen LogP) is 3.86. The number of aromatic amines is 1. The van der Waals surface area contributed by atoms with Crippen molar-refractivity contribution in [1.82, 2.24) is 4.98 Å². The molecule has 118 valence electrons. The minimum atomic E-state index is 0.735. The van der Waals surface area contributed by atoms with Crippen LogP contribution in [0, 0.1) is 18.3 Å². The number of pyridine rings is 1. The van der Waals surface area contributed by atoms with E-state index in [1.165, 1.54) is 5.56 Å². The smallest absolute Gasteiger partial charge is 0.250 e. The van der Waals surface area contributed by atoms with Crippen molar-refractivity contribution in [3.05, 3.63) is 41.0 Å². The number of benzene rings is 1. The van der Waals surface area contributed by atoms with Gasteiger partial charge in [0.1, 0.15) is 22.7 Å². The molecule has 0 amide bonds. The molecule has 0 atom stereocenters. The summed E-state index contributed by atoms with van der Waals surface area (Å²) in [5.74, 6) is 1.12. The van der Waals surface area contributed by atoms with Gasteiger partial charge < -0.3 is 5.32 Å². The van der Waals surface area contributed by atoms with Crippen molar-refractivity contribution in [3.8, 4) is 6.07 Å². The molecule has 3 aromatic rings. The molecule has 0 aliphatic carbocycles. The zero-order valence-corrected chi connectivity index (χ0v) is 14.0. The summed E-state index contributed by atoms with van der Waals surface area (Å²) in [4.78, 5) is 3.42. The number of nitrogens with one attached hydrogen (secondary N) is 2. The molecule has 4 heteroatoms. The van der Waals surface area contributed by atoms with Crippen molar-refractivity contribution < 1.29 is 4.40 Å². The van der Waals surface area contributed by atoms with Crippen LogP contribution in [0.15, 0.2) is 24.3 Å². The van der Waals surface area contributed by atoms with Crippen LogP contribution in [-0.2, 0) is 6.42 Å². The first kappa shape index (κ1) is 15.4. The van der Waals surface area contributed by atoms with Crippen molar-refractivity contribution in [2.75, 3.05) is 11.9 Å². The quantitative estimate of drug-likeness (QED) is 0.555. The van der Waals surface area contributed by atoms with Crippen LogP contribution in [0.4, 0.5) is 5.82 Å². The highest BCUT2D eigenvalue weighted by Gasteiger charge is 2.24. The molecule has 2 heterocycles. The molecule has 23 heavy (non-hydrogen) atoms. The van der Waals surface area contributed by atoms with Crippen molar-refractivity contribution >= 4 is 22.5 Å². The molecule has 0 bridgehead atoms. The number of nitriles is 1. The first-order valence-electron chi connectivity index (χ1n) is 8.34. The van der Waals surface area contributed by atoms with Crippen molar-refractivity contribution in [1.29, 1.82) is 5.26 Å². The number of anilines is 1. The lowest BCUT2D eigenvalue weighted by atomic mass is 10.0. The van der Waals surface area contributed by atoms with Gasteiger partial charge in [-0.25, -0.2) is 0 Å². The summed E-state index contributed by atoms with van der Waals surface area (Å²) in [7, 11) is 0. The van der Waals surface area contributed by atoms with E-state index in [2.05, 4.69) is 46.8 Å². The van der Waals surface area contributed by atoms with Crippen LogP contribution in [-0.4, -0.2) is 11.5 Å². The summed E-state index contributed by atoms with van der Waals surface area (Å²) in [5, 5.41) is 13.3. The highest BCUT2D eigenvalue weighted by molar-refractivity contribution is 5.78. The van der Waals surface area contributed by atoms with Gasteiger partial charge in [-0.05, 0) is 37.5 Å². The molecule has 0 aliphatic heterocycles. The minimum Gasteiger partial charge on any atom is -0.305 e. The summed E-state index contributed by atoms with van der Waals surface area (Å²) in [6.07, 6.45) is 3.19. The third kappa shape index (κ3) is 2.43. The van der Waals surface area contributed by atoms with Crippen LogP contribution >= 0.6 is 0 Å². The maximum atomic E-state index is 9.66. The zero-order chi connectivity index (χ0) is 16.4. The molecule has 3 rings (SSSR count). The number of aromatic nitrogens is 2. The predicted molar refractivity (Wildman–Crippen MR) is 93.7 cm³/mol. The van der Waals surface area contributed by atoms with Gasteiger partial charge in [-0.3, -0.25) is 4.98 Å². The number of imidazole rings is 1. The highest BCUT2D eigenvalue weighted by Crippen LogP contribution is 2.25. The van der Waals surface area contributed by atoms with Gasteiger partial charge in [-0.2, -0.15) is 9.66 Å². The average molecular weight is 307 g/mol. The lowest BCUT2D eigenvalue weighted by molar-refractivity contribution is -0.465. The number of para-hydroxylation sites is 2. The molecule has 1 aromatic carbocycles. The molecule has 4 nitrogen and oxygen atoms in total. The molecular weight excluding hydrogens is 284 g/mol. The maximum Gasteiger partial charge on any atom is 0.250 e. The van der Waals surface area contributed by atoms with Gasteiger partial charge in [-0.15, -0.1) is 0 Å². The molecule has 0 fully saturated rings. The lowest BCUT2D eigenvalue weighted by Crippen LogP contribution is -2.30. The first-order chi connectivity index (χ1) is 11.2. The fraction of sp³-hybridized carbons (Fsp3) is 0.368. The van der Waals surface area contributed by atoms with E-state index in [4.69, 9.17) is 0 Å². The summed E-state index contributed by atoms with van der Waals surface area (Å²) in [6, 6.07) is 10.6. The largest absolute Gasteiger partial charge is 0.305 e. The second-order valence-corrected chi connectivity index (χ2v) is 5.90. The Kier molecular flexibility index (Phi) is 4.20. The normalized spacial score (nSPS) is 11.0. The molecule has 0 radical (unpaired) electrons. The number of fused-ring (bicyclic) bond motifs is 3. The Morgan fingerprint density at radius 1 is 1.26 bits per heavy atom. The molecule has 0 aliphatic rings. The fourth-order valence-electron chi connectivity index (χ4n) is 3.26. The Morgan fingerprint density at radius 2 is 2.04 bits per heavy atom. The van der Waals surface area contributed by atoms with E-state index in [1.54, 1.807) is 0 Å². The second-order valence-electron chi connectivity index (χ2n) is 5.90. The molecule has 0 spiro atoms. The van der Waals surface area contributed by atoms with Crippen LogP contribution in [0.1, 0.15) is 43.4 Å². The van der Waals surface area contributed by atoms with E-state index in [0.29, 0.717) is 0 Å². The summed E-state index contributed by atoms with van der Waals surface area (Å²) < 4.78 is 2.18. The average Bonchev–Trinajstić information content (AvgIpc) is 2.94. The van der Waals surface area contributed by atoms with E-state index in [1.807, 2.05) is 19.1 Å². The number of rotatable bonds is 5. The number of nitrogens with zero attached hydrogens (tertiary/aromatic N) is 2. The third-order valence-electron chi connectivity index (χ3n) is 4.48. The summed E-state index contributed by atoms with van der Waals surface area (Å²) in [5.41, 5.74) is 6.06. The van der Waals surface area contributed by atoms with Crippen LogP contribution in [0.3, 0.4) is 0 Å². The Hall–Kier alpha value is -2.54. The Bertz CT molecular complexity index is 899. The number of hydrogen-bond acceptors (Lipinski definition) is 2. The molecule has 0 saturated heterocycles. The van der Waals surface area contributed by atoms with E-state index in [9.17, 15) is 5.26 Å². The molecule has 0 saturated carbocycles. The van der Waals surface area contributed by atoms with Gasteiger partial charge in [0.05, 0.1) is 6.54 Å². The van der Waals surface area contributed by atoms with Gasteiger partial charge >= 0.3 is 0 Å². The van der Waals surface area contributed by atoms with Crippen molar-refractivity contribution in [2.24, 2.45) is 0 Å². The standard InChI is InChI=1S/C19H22N4/c1-4-6-11-21-18-14(5-2)13(3)15(12-20)19-22-16-9-7-8-10-17(16)23(18)19/h7-10H,4-6,11H2,1-3H3,(H,21,22)/p+1. The fourth-order valence-corrected chi connectivity index (χ4v) is 3.26. The molecule has 2 aromatic heterocycles. The first-order valence-corrected chi connectivity index (χ1v) is 8.34. The van der Waals surface area contributed by atoms with E-state index < -0.39 is 0 Å². The Balaban J connectivity index is 2.39. The summed E-state index contributed by atoms with van der Waals surface area (Å²) in [6.45, 7) is 7.33. The minimum absolute atomic E-state index is 0.735. The monoisotopic (exact) mass is 307 g/mol. The SMILES string of the molecule is CCCCNc1c(CC)c(C)c(C#N)c2[nH]c3ccccc3[n+]12. The van der Waals surface area contributed by atoms with E-state index >= 15 is 0 Å². The number of hydrogen-bond donors (Lipinski definition) is 2.